The Hall–Kier alpha value is -3.03. The van der Waals surface area contributed by atoms with Crippen LogP contribution >= 0.6 is 0 Å². The Morgan fingerprint density at radius 3 is 2.70 bits per heavy atom. The highest BCUT2D eigenvalue weighted by molar-refractivity contribution is 5.94. The van der Waals surface area contributed by atoms with Gasteiger partial charge in [0.25, 0.3) is 5.91 Å². The maximum atomic E-state index is 14.2. The zero-order valence-corrected chi connectivity index (χ0v) is 12.4. The van der Waals surface area contributed by atoms with Crippen molar-refractivity contribution in [3.63, 3.8) is 0 Å². The fourth-order valence-electron chi connectivity index (χ4n) is 2.16. The third-order valence-corrected chi connectivity index (χ3v) is 3.30. The zero-order valence-electron chi connectivity index (χ0n) is 12.4. The summed E-state index contributed by atoms with van der Waals surface area (Å²) in [4.78, 5) is 23.7. The molecule has 0 atom stereocenters. The van der Waals surface area contributed by atoms with Crippen LogP contribution in [0.3, 0.4) is 0 Å². The average Bonchev–Trinajstić information content (AvgIpc) is 2.91. The van der Waals surface area contributed by atoms with Crippen LogP contribution in [0.5, 0.6) is 0 Å². The first-order chi connectivity index (χ1) is 11.0. The van der Waals surface area contributed by atoms with Crippen molar-refractivity contribution < 1.29 is 13.6 Å². The molecule has 0 radical (unpaired) electrons. The largest absolute Gasteiger partial charge is 0.345 e. The van der Waals surface area contributed by atoms with Crippen molar-refractivity contribution in [1.82, 2.24) is 19.9 Å². The fourth-order valence-corrected chi connectivity index (χ4v) is 2.16. The van der Waals surface area contributed by atoms with E-state index in [4.69, 9.17) is 0 Å². The van der Waals surface area contributed by atoms with Crippen LogP contribution in [0.25, 0.3) is 11.0 Å². The molecule has 0 aliphatic heterocycles. The van der Waals surface area contributed by atoms with Gasteiger partial charge in [-0.2, -0.15) is 0 Å². The highest BCUT2D eigenvalue weighted by Gasteiger charge is 2.15. The summed E-state index contributed by atoms with van der Waals surface area (Å²) in [5.41, 5.74) is 0.611. The molecule has 0 saturated carbocycles. The third-order valence-electron chi connectivity index (χ3n) is 3.30. The van der Waals surface area contributed by atoms with Crippen LogP contribution in [0.4, 0.5) is 20.3 Å². The molecule has 0 spiro atoms. The van der Waals surface area contributed by atoms with Crippen molar-refractivity contribution >= 4 is 28.4 Å². The number of aromatic nitrogens is 3. The lowest BCUT2D eigenvalue weighted by Gasteiger charge is -2.12. The molecule has 6 nitrogen and oxygen atoms in total. The minimum Gasteiger partial charge on any atom is -0.345 e. The van der Waals surface area contributed by atoms with Gasteiger partial charge in [-0.25, -0.2) is 18.7 Å². The number of hydrogen-bond donors (Lipinski definition) is 2. The maximum Gasteiger partial charge on any atom is 0.253 e. The number of halogens is 2. The van der Waals surface area contributed by atoms with Gasteiger partial charge in [0.15, 0.2) is 5.82 Å². The number of carbonyl (C=O) groups is 1. The molecule has 0 saturated heterocycles. The predicted molar refractivity (Wildman–Crippen MR) is 81.5 cm³/mol. The smallest absolute Gasteiger partial charge is 0.253 e. The van der Waals surface area contributed by atoms with E-state index in [0.29, 0.717) is 5.65 Å². The van der Waals surface area contributed by atoms with Gasteiger partial charge in [-0.3, -0.25) is 4.79 Å². The number of hydrogen-bond acceptors (Lipinski definition) is 4. The number of H-pyrrole nitrogens is 1. The molecule has 2 heterocycles. The Balaban J connectivity index is 1.96. The molecule has 1 aromatic carbocycles. The van der Waals surface area contributed by atoms with Crippen molar-refractivity contribution in [2.24, 2.45) is 0 Å². The summed E-state index contributed by atoms with van der Waals surface area (Å²) >= 11 is 0. The van der Waals surface area contributed by atoms with E-state index in [-0.39, 0.29) is 28.4 Å². The highest BCUT2D eigenvalue weighted by Crippen LogP contribution is 2.26. The molecule has 0 unspecified atom stereocenters. The Morgan fingerprint density at radius 1 is 1.22 bits per heavy atom. The van der Waals surface area contributed by atoms with Crippen molar-refractivity contribution in [1.29, 1.82) is 0 Å². The third kappa shape index (κ3) is 2.70. The van der Waals surface area contributed by atoms with E-state index >= 15 is 0 Å². The fraction of sp³-hybridized carbons (Fsp3) is 0.133. The van der Waals surface area contributed by atoms with E-state index in [2.05, 4.69) is 20.3 Å². The van der Waals surface area contributed by atoms with E-state index in [0.717, 1.165) is 12.3 Å². The Labute approximate surface area is 130 Å². The first-order valence-corrected chi connectivity index (χ1v) is 6.73. The molecule has 0 aliphatic carbocycles. The van der Waals surface area contributed by atoms with E-state index in [1.807, 2.05) is 0 Å². The molecule has 0 bridgehead atoms. The summed E-state index contributed by atoms with van der Waals surface area (Å²) in [6, 6.07) is 4.01. The van der Waals surface area contributed by atoms with Gasteiger partial charge < -0.3 is 15.2 Å². The Morgan fingerprint density at radius 2 is 2.00 bits per heavy atom. The van der Waals surface area contributed by atoms with E-state index in [1.54, 1.807) is 14.1 Å². The van der Waals surface area contributed by atoms with Crippen LogP contribution < -0.4 is 5.32 Å². The quantitative estimate of drug-likeness (QED) is 0.779. The molecule has 1 amide bonds. The van der Waals surface area contributed by atoms with Gasteiger partial charge in [0.05, 0.1) is 11.1 Å². The van der Waals surface area contributed by atoms with Gasteiger partial charge in [0.2, 0.25) is 0 Å². The number of rotatable bonds is 3. The summed E-state index contributed by atoms with van der Waals surface area (Å²) in [5.74, 6) is -1.35. The van der Waals surface area contributed by atoms with Gasteiger partial charge in [0.1, 0.15) is 23.6 Å². The van der Waals surface area contributed by atoms with E-state index in [1.165, 1.54) is 23.4 Å². The van der Waals surface area contributed by atoms with Crippen LogP contribution in [0.2, 0.25) is 0 Å². The zero-order chi connectivity index (χ0) is 16.6. The monoisotopic (exact) mass is 317 g/mol. The molecular formula is C15H13F2N5O. The molecule has 23 heavy (non-hydrogen) atoms. The first-order valence-electron chi connectivity index (χ1n) is 6.73. The standard InChI is InChI=1S/C15H13F2N5O/c1-22(2)15(23)8-3-4-11(9(16)5-8)21-14-12-10(17)6-18-13(12)19-7-20-14/h3-7H,1-2H3,(H2,18,19,20,21). The summed E-state index contributed by atoms with van der Waals surface area (Å²) in [7, 11) is 3.16. The summed E-state index contributed by atoms with van der Waals surface area (Å²) < 4.78 is 28.0. The number of aromatic amines is 1. The summed E-state index contributed by atoms with van der Waals surface area (Å²) in [6.07, 6.45) is 2.39. The second-order valence-electron chi connectivity index (χ2n) is 5.10. The normalized spacial score (nSPS) is 10.8. The molecule has 2 N–H and O–H groups in total. The van der Waals surface area contributed by atoms with Crippen LogP contribution in [-0.2, 0) is 0 Å². The molecule has 118 valence electrons. The number of nitrogens with one attached hydrogen (secondary N) is 2. The van der Waals surface area contributed by atoms with Crippen LogP contribution in [0, 0.1) is 11.6 Å². The molecule has 3 aromatic rings. The maximum absolute atomic E-state index is 14.2. The minimum atomic E-state index is -0.639. The van der Waals surface area contributed by atoms with Crippen molar-refractivity contribution in [3.8, 4) is 0 Å². The van der Waals surface area contributed by atoms with E-state index < -0.39 is 11.6 Å². The van der Waals surface area contributed by atoms with Gasteiger partial charge in [-0.05, 0) is 18.2 Å². The molecule has 3 rings (SSSR count). The Bertz CT molecular complexity index is 891. The SMILES string of the molecule is CN(C)C(=O)c1ccc(Nc2ncnc3[nH]cc(F)c23)c(F)c1. The van der Waals surface area contributed by atoms with Crippen LogP contribution in [0.1, 0.15) is 10.4 Å². The lowest BCUT2D eigenvalue weighted by atomic mass is 10.1. The molecule has 0 aliphatic rings. The average molecular weight is 317 g/mol. The minimum absolute atomic E-state index is 0.0842. The lowest BCUT2D eigenvalue weighted by molar-refractivity contribution is 0.0827. The number of amides is 1. The molecule has 2 aromatic heterocycles. The molecular weight excluding hydrogens is 304 g/mol. The van der Waals surface area contributed by atoms with Crippen molar-refractivity contribution in [3.05, 3.63) is 47.9 Å². The Kier molecular flexibility index (Phi) is 3.65. The summed E-state index contributed by atoms with van der Waals surface area (Å²) in [5, 5.41) is 2.87. The number of benzene rings is 1. The van der Waals surface area contributed by atoms with Crippen LogP contribution in [-0.4, -0.2) is 39.9 Å². The lowest BCUT2D eigenvalue weighted by Crippen LogP contribution is -2.21. The van der Waals surface area contributed by atoms with Gasteiger partial charge in [0, 0.05) is 25.9 Å². The number of carbonyl (C=O) groups excluding carboxylic acids is 1. The van der Waals surface area contributed by atoms with Gasteiger partial charge in [-0.15, -0.1) is 0 Å². The second-order valence-corrected chi connectivity index (χ2v) is 5.10. The molecule has 0 fully saturated rings. The number of nitrogens with zero attached hydrogens (tertiary/aromatic N) is 3. The van der Waals surface area contributed by atoms with Crippen molar-refractivity contribution in [2.45, 2.75) is 0 Å². The van der Waals surface area contributed by atoms with E-state index in [9.17, 15) is 13.6 Å². The van der Waals surface area contributed by atoms with Gasteiger partial charge >= 0.3 is 0 Å². The number of anilines is 2. The summed E-state index contributed by atoms with van der Waals surface area (Å²) in [6.45, 7) is 0. The second kappa shape index (κ2) is 5.64. The molecule has 8 heteroatoms. The topological polar surface area (TPSA) is 73.9 Å². The van der Waals surface area contributed by atoms with Crippen LogP contribution in [0.15, 0.2) is 30.7 Å². The predicted octanol–water partition coefficient (Wildman–Crippen LogP) is 2.68. The highest BCUT2D eigenvalue weighted by atomic mass is 19.1. The van der Waals surface area contributed by atoms with Crippen molar-refractivity contribution in [2.75, 3.05) is 19.4 Å². The number of fused-ring (bicyclic) bond motifs is 1. The van der Waals surface area contributed by atoms with Gasteiger partial charge in [-0.1, -0.05) is 0 Å². The first kappa shape index (κ1) is 14.9.